The largest absolute Gasteiger partial charge is 0.444 e. The molecule has 0 spiro atoms. The molecule has 146 valence electrons. The highest BCUT2D eigenvalue weighted by Crippen LogP contribution is 2.19. The molecule has 7 heteroatoms. The topological polar surface area (TPSA) is 91.6 Å². The van der Waals surface area contributed by atoms with Crippen molar-refractivity contribution < 1.29 is 9.21 Å². The van der Waals surface area contributed by atoms with Crippen molar-refractivity contribution in [3.63, 3.8) is 0 Å². The third kappa shape index (κ3) is 6.77. The molecule has 0 saturated carbocycles. The van der Waals surface area contributed by atoms with Crippen LogP contribution in [0.15, 0.2) is 39.9 Å². The van der Waals surface area contributed by atoms with Crippen LogP contribution in [0, 0.1) is 12.8 Å². The number of nitrogens with zero attached hydrogens (tertiary/aromatic N) is 2. The second kappa shape index (κ2) is 10.4. The molecule has 1 heterocycles. The average molecular weight is 371 g/mol. The zero-order valence-corrected chi connectivity index (χ0v) is 16.5. The van der Waals surface area contributed by atoms with Crippen LogP contribution in [-0.4, -0.2) is 36.5 Å². The van der Waals surface area contributed by atoms with E-state index in [1.54, 1.807) is 6.26 Å². The molecule has 1 aromatic carbocycles. The maximum absolute atomic E-state index is 11.6. The predicted octanol–water partition coefficient (Wildman–Crippen LogP) is 2.48. The van der Waals surface area contributed by atoms with Gasteiger partial charge < -0.3 is 20.4 Å². The summed E-state index contributed by atoms with van der Waals surface area (Å²) in [6, 6.07) is 8.04. The van der Waals surface area contributed by atoms with Crippen molar-refractivity contribution >= 4 is 11.9 Å². The third-order valence-corrected chi connectivity index (χ3v) is 3.83. The van der Waals surface area contributed by atoms with Crippen molar-refractivity contribution in [2.24, 2.45) is 10.9 Å². The van der Waals surface area contributed by atoms with E-state index in [0.717, 1.165) is 17.8 Å². The number of carbonyl (C=O) groups excluding carboxylic acids is 1. The number of hydrogen-bond donors (Lipinski definition) is 3. The maximum atomic E-state index is 11.6. The van der Waals surface area contributed by atoms with E-state index in [4.69, 9.17) is 4.42 Å². The lowest BCUT2D eigenvalue weighted by atomic mass is 10.1. The molecule has 1 amide bonds. The van der Waals surface area contributed by atoms with Gasteiger partial charge in [-0.25, -0.2) is 9.98 Å². The van der Waals surface area contributed by atoms with Gasteiger partial charge in [0.2, 0.25) is 11.8 Å². The number of aliphatic imine (C=N–C) groups is 1. The van der Waals surface area contributed by atoms with Crippen molar-refractivity contribution in [2.75, 3.05) is 19.6 Å². The minimum atomic E-state index is -0.0122. The molecular formula is C20H29N5O2. The van der Waals surface area contributed by atoms with Crippen LogP contribution in [0.5, 0.6) is 0 Å². The van der Waals surface area contributed by atoms with E-state index < -0.39 is 0 Å². The Morgan fingerprint density at radius 2 is 1.85 bits per heavy atom. The molecule has 0 fully saturated rings. The van der Waals surface area contributed by atoms with E-state index in [0.29, 0.717) is 31.5 Å². The van der Waals surface area contributed by atoms with Gasteiger partial charge in [-0.3, -0.25) is 4.79 Å². The first-order valence-electron chi connectivity index (χ1n) is 9.31. The van der Waals surface area contributed by atoms with Gasteiger partial charge in [-0.2, -0.15) is 0 Å². The summed E-state index contributed by atoms with van der Waals surface area (Å²) in [7, 11) is 0. The molecular weight excluding hydrogens is 342 g/mol. The number of oxazole rings is 1. The molecule has 0 aliphatic heterocycles. The lowest BCUT2D eigenvalue weighted by molar-refractivity contribution is -0.123. The first-order chi connectivity index (χ1) is 13.0. The fourth-order valence-corrected chi connectivity index (χ4v) is 2.28. The van der Waals surface area contributed by atoms with E-state index in [1.807, 2.05) is 52.0 Å². The van der Waals surface area contributed by atoms with Crippen LogP contribution in [0.4, 0.5) is 0 Å². The zero-order valence-electron chi connectivity index (χ0n) is 16.5. The highest BCUT2D eigenvalue weighted by atomic mass is 16.3. The summed E-state index contributed by atoms with van der Waals surface area (Å²) in [4.78, 5) is 20.6. The SMILES string of the molecule is CCNC(=NCc1coc(-c2ccc(C)cc2)n1)NCCNC(=O)C(C)C. The van der Waals surface area contributed by atoms with Crippen LogP contribution in [0.25, 0.3) is 11.5 Å². The molecule has 27 heavy (non-hydrogen) atoms. The van der Waals surface area contributed by atoms with Crippen molar-refractivity contribution in [3.8, 4) is 11.5 Å². The van der Waals surface area contributed by atoms with E-state index in [1.165, 1.54) is 5.56 Å². The molecule has 7 nitrogen and oxygen atoms in total. The maximum Gasteiger partial charge on any atom is 0.226 e. The lowest BCUT2D eigenvalue weighted by Crippen LogP contribution is -2.42. The number of guanidine groups is 1. The Kier molecular flexibility index (Phi) is 7.85. The number of aromatic nitrogens is 1. The summed E-state index contributed by atoms with van der Waals surface area (Å²) < 4.78 is 5.56. The highest BCUT2D eigenvalue weighted by molar-refractivity contribution is 5.80. The van der Waals surface area contributed by atoms with E-state index in [9.17, 15) is 4.79 Å². The summed E-state index contributed by atoms with van der Waals surface area (Å²) in [5, 5.41) is 9.24. The Hall–Kier alpha value is -2.83. The van der Waals surface area contributed by atoms with Crippen molar-refractivity contribution in [3.05, 3.63) is 41.8 Å². The average Bonchev–Trinajstić information content (AvgIpc) is 3.12. The third-order valence-electron chi connectivity index (χ3n) is 3.83. The minimum Gasteiger partial charge on any atom is -0.444 e. The number of hydrogen-bond acceptors (Lipinski definition) is 4. The standard InChI is InChI=1S/C20H29N5O2/c1-5-21-20(23-11-10-22-18(26)14(2)3)24-12-17-13-27-19(25-17)16-8-6-15(4)7-9-16/h6-9,13-14H,5,10-12H2,1-4H3,(H,22,26)(H2,21,23,24). The van der Waals surface area contributed by atoms with E-state index >= 15 is 0 Å². The Morgan fingerprint density at radius 3 is 2.52 bits per heavy atom. The minimum absolute atomic E-state index is 0.0122. The van der Waals surface area contributed by atoms with Gasteiger partial charge in [0.05, 0.1) is 6.54 Å². The van der Waals surface area contributed by atoms with Gasteiger partial charge in [-0.1, -0.05) is 31.5 Å². The summed E-state index contributed by atoms with van der Waals surface area (Å²) in [6.07, 6.45) is 1.63. The first-order valence-corrected chi connectivity index (χ1v) is 9.31. The highest BCUT2D eigenvalue weighted by Gasteiger charge is 2.07. The lowest BCUT2D eigenvalue weighted by Gasteiger charge is -2.12. The normalized spacial score (nSPS) is 11.5. The fraction of sp³-hybridized carbons (Fsp3) is 0.450. The van der Waals surface area contributed by atoms with Crippen LogP contribution in [0.1, 0.15) is 32.0 Å². The van der Waals surface area contributed by atoms with Crippen LogP contribution in [0.3, 0.4) is 0 Å². The van der Waals surface area contributed by atoms with Gasteiger partial charge >= 0.3 is 0 Å². The molecule has 0 aliphatic rings. The molecule has 2 rings (SSSR count). The quantitative estimate of drug-likeness (QED) is 0.377. The van der Waals surface area contributed by atoms with E-state index in [2.05, 4.69) is 25.9 Å². The van der Waals surface area contributed by atoms with Gasteiger partial charge in [0.25, 0.3) is 0 Å². The molecule has 0 radical (unpaired) electrons. The van der Waals surface area contributed by atoms with E-state index in [-0.39, 0.29) is 11.8 Å². The number of carbonyl (C=O) groups is 1. The second-order valence-corrected chi connectivity index (χ2v) is 6.58. The number of amides is 1. The van der Waals surface area contributed by atoms with Gasteiger partial charge in [-0.05, 0) is 26.0 Å². The summed E-state index contributed by atoms with van der Waals surface area (Å²) in [5.74, 6) is 1.30. The molecule has 0 atom stereocenters. The molecule has 1 aromatic heterocycles. The van der Waals surface area contributed by atoms with Crippen LogP contribution in [-0.2, 0) is 11.3 Å². The Bertz CT molecular complexity index is 750. The Labute approximate surface area is 160 Å². The molecule has 0 bridgehead atoms. The monoisotopic (exact) mass is 371 g/mol. The zero-order chi connectivity index (χ0) is 19.6. The number of nitrogens with one attached hydrogen (secondary N) is 3. The molecule has 0 aliphatic carbocycles. The summed E-state index contributed by atoms with van der Waals surface area (Å²) in [6.45, 7) is 10.1. The number of benzene rings is 1. The van der Waals surface area contributed by atoms with Crippen LogP contribution in [0.2, 0.25) is 0 Å². The van der Waals surface area contributed by atoms with Crippen LogP contribution >= 0.6 is 0 Å². The van der Waals surface area contributed by atoms with Gasteiger partial charge in [-0.15, -0.1) is 0 Å². The molecule has 0 unspecified atom stereocenters. The molecule has 0 saturated heterocycles. The molecule has 3 N–H and O–H groups in total. The summed E-state index contributed by atoms with van der Waals surface area (Å²) in [5.41, 5.74) is 2.90. The number of rotatable bonds is 8. The number of aryl methyl sites for hydroxylation is 1. The van der Waals surface area contributed by atoms with Gasteiger partial charge in [0.1, 0.15) is 12.0 Å². The predicted molar refractivity (Wildman–Crippen MR) is 107 cm³/mol. The first kappa shape index (κ1) is 20.5. The van der Waals surface area contributed by atoms with Gasteiger partial charge in [0.15, 0.2) is 5.96 Å². The van der Waals surface area contributed by atoms with Crippen molar-refractivity contribution in [2.45, 2.75) is 34.2 Å². The van der Waals surface area contributed by atoms with Crippen LogP contribution < -0.4 is 16.0 Å². The summed E-state index contributed by atoms with van der Waals surface area (Å²) >= 11 is 0. The van der Waals surface area contributed by atoms with Crippen molar-refractivity contribution in [1.82, 2.24) is 20.9 Å². The second-order valence-electron chi connectivity index (χ2n) is 6.58. The molecule has 2 aromatic rings. The van der Waals surface area contributed by atoms with Crippen molar-refractivity contribution in [1.29, 1.82) is 0 Å². The Balaban J connectivity index is 1.88. The fourth-order valence-electron chi connectivity index (χ4n) is 2.28. The Morgan fingerprint density at radius 1 is 1.15 bits per heavy atom. The smallest absolute Gasteiger partial charge is 0.226 e. The van der Waals surface area contributed by atoms with Gasteiger partial charge in [0, 0.05) is 31.1 Å².